The maximum Gasteiger partial charge on any atom is 0.183 e. The summed E-state index contributed by atoms with van der Waals surface area (Å²) < 4.78 is 7.33. The van der Waals surface area contributed by atoms with E-state index < -0.39 is 0 Å². The van der Waals surface area contributed by atoms with Crippen molar-refractivity contribution in [1.29, 1.82) is 0 Å². The Hall–Kier alpha value is -1.68. The van der Waals surface area contributed by atoms with Crippen LogP contribution in [-0.2, 0) is 11.8 Å². The molecule has 4 heteroatoms. The van der Waals surface area contributed by atoms with Gasteiger partial charge in [-0.3, -0.25) is 9.48 Å². The van der Waals surface area contributed by atoms with Crippen molar-refractivity contribution in [3.63, 3.8) is 0 Å². The zero-order valence-electron chi connectivity index (χ0n) is 11.1. The van der Waals surface area contributed by atoms with Gasteiger partial charge in [0.2, 0.25) is 0 Å². The molecule has 19 heavy (non-hydrogen) atoms. The van der Waals surface area contributed by atoms with Gasteiger partial charge in [0.05, 0.1) is 11.6 Å². The van der Waals surface area contributed by atoms with Crippen molar-refractivity contribution in [2.45, 2.75) is 31.8 Å². The first-order valence-corrected chi connectivity index (χ1v) is 6.82. The van der Waals surface area contributed by atoms with Crippen molar-refractivity contribution in [2.24, 2.45) is 7.05 Å². The van der Waals surface area contributed by atoms with Gasteiger partial charge in [-0.05, 0) is 25.3 Å². The number of aromatic nitrogens is 2. The van der Waals surface area contributed by atoms with Crippen LogP contribution in [0.25, 0.3) is 10.9 Å². The summed E-state index contributed by atoms with van der Waals surface area (Å²) in [6.07, 6.45) is 3.79. The maximum atomic E-state index is 12.3. The van der Waals surface area contributed by atoms with Crippen molar-refractivity contribution in [3.05, 3.63) is 30.0 Å². The molecule has 1 fully saturated rings. The molecule has 2 aromatic rings. The number of hydrogen-bond donors (Lipinski definition) is 0. The number of ketones is 1. The highest BCUT2D eigenvalue weighted by Crippen LogP contribution is 2.22. The number of fused-ring (bicyclic) bond motifs is 1. The van der Waals surface area contributed by atoms with Gasteiger partial charge < -0.3 is 4.74 Å². The minimum atomic E-state index is 0.118. The van der Waals surface area contributed by atoms with Crippen molar-refractivity contribution < 1.29 is 9.53 Å². The van der Waals surface area contributed by atoms with Crippen molar-refractivity contribution in [2.75, 3.05) is 6.61 Å². The zero-order chi connectivity index (χ0) is 13.2. The topological polar surface area (TPSA) is 44.1 Å². The Balaban J connectivity index is 1.77. The average molecular weight is 258 g/mol. The molecule has 0 N–H and O–H groups in total. The van der Waals surface area contributed by atoms with E-state index in [0.29, 0.717) is 12.1 Å². The SMILES string of the molecule is Cn1nc(C(=O)CCC2CCCO2)c2ccccc21. The molecule has 0 spiro atoms. The molecule has 1 aromatic heterocycles. The van der Waals surface area contributed by atoms with Crippen LogP contribution >= 0.6 is 0 Å². The van der Waals surface area contributed by atoms with Gasteiger partial charge in [-0.1, -0.05) is 18.2 Å². The fourth-order valence-electron chi connectivity index (χ4n) is 2.70. The van der Waals surface area contributed by atoms with Crippen molar-refractivity contribution in [3.8, 4) is 0 Å². The summed E-state index contributed by atoms with van der Waals surface area (Å²) in [4.78, 5) is 12.3. The molecule has 0 bridgehead atoms. The lowest BCUT2D eigenvalue weighted by Crippen LogP contribution is -2.09. The van der Waals surface area contributed by atoms with E-state index in [1.807, 2.05) is 31.3 Å². The first kappa shape index (κ1) is 12.4. The van der Waals surface area contributed by atoms with Crippen molar-refractivity contribution >= 4 is 16.7 Å². The van der Waals surface area contributed by atoms with E-state index in [1.165, 1.54) is 0 Å². The number of carbonyl (C=O) groups excluding carboxylic acids is 1. The lowest BCUT2D eigenvalue weighted by Gasteiger charge is -2.07. The van der Waals surface area contributed by atoms with Gasteiger partial charge in [0.15, 0.2) is 5.78 Å². The summed E-state index contributed by atoms with van der Waals surface area (Å²) >= 11 is 0. The second kappa shape index (κ2) is 5.13. The lowest BCUT2D eigenvalue weighted by atomic mass is 10.0. The van der Waals surface area contributed by atoms with Crippen LogP contribution in [0.2, 0.25) is 0 Å². The third kappa shape index (κ3) is 2.40. The van der Waals surface area contributed by atoms with Crippen LogP contribution in [0.4, 0.5) is 0 Å². The van der Waals surface area contributed by atoms with Crippen LogP contribution < -0.4 is 0 Å². The Kier molecular flexibility index (Phi) is 3.34. The van der Waals surface area contributed by atoms with E-state index in [9.17, 15) is 4.79 Å². The van der Waals surface area contributed by atoms with Crippen LogP contribution in [0.3, 0.4) is 0 Å². The van der Waals surface area contributed by atoms with E-state index in [0.717, 1.165) is 36.8 Å². The Bertz CT molecular complexity index is 597. The number of carbonyl (C=O) groups is 1. The summed E-state index contributed by atoms with van der Waals surface area (Å²) in [6.45, 7) is 0.839. The molecular weight excluding hydrogens is 240 g/mol. The third-order valence-corrected chi connectivity index (χ3v) is 3.74. The average Bonchev–Trinajstić information content (AvgIpc) is 3.05. The number of ether oxygens (including phenoxy) is 1. The summed E-state index contributed by atoms with van der Waals surface area (Å²) in [5.41, 5.74) is 1.60. The zero-order valence-corrected chi connectivity index (χ0v) is 11.1. The third-order valence-electron chi connectivity index (χ3n) is 3.74. The Morgan fingerprint density at radius 2 is 2.32 bits per heavy atom. The van der Waals surface area contributed by atoms with Gasteiger partial charge in [-0.2, -0.15) is 5.10 Å². The molecule has 0 aliphatic carbocycles. The van der Waals surface area contributed by atoms with Gasteiger partial charge in [0.25, 0.3) is 0 Å². The molecule has 2 heterocycles. The fraction of sp³-hybridized carbons (Fsp3) is 0.467. The van der Waals surface area contributed by atoms with E-state index >= 15 is 0 Å². The molecular formula is C15H18N2O2. The van der Waals surface area contributed by atoms with E-state index in [2.05, 4.69) is 5.10 Å². The molecule has 1 aliphatic rings. The maximum absolute atomic E-state index is 12.3. The van der Waals surface area contributed by atoms with Crippen LogP contribution in [-0.4, -0.2) is 28.3 Å². The second-order valence-electron chi connectivity index (χ2n) is 5.09. The molecule has 1 unspecified atom stereocenters. The number of Topliss-reactive ketones (excluding diaryl/α,β-unsaturated/α-hetero) is 1. The first-order valence-electron chi connectivity index (χ1n) is 6.82. The lowest BCUT2D eigenvalue weighted by molar-refractivity contribution is 0.0856. The Morgan fingerprint density at radius 1 is 1.47 bits per heavy atom. The minimum Gasteiger partial charge on any atom is -0.378 e. The number of nitrogens with zero attached hydrogens (tertiary/aromatic N) is 2. The molecule has 4 nitrogen and oxygen atoms in total. The highest BCUT2D eigenvalue weighted by atomic mass is 16.5. The smallest absolute Gasteiger partial charge is 0.183 e. The normalized spacial score (nSPS) is 19.1. The molecule has 3 rings (SSSR count). The monoisotopic (exact) mass is 258 g/mol. The molecule has 1 aliphatic heterocycles. The summed E-state index contributed by atoms with van der Waals surface area (Å²) in [5.74, 6) is 0.118. The van der Waals surface area contributed by atoms with Gasteiger partial charge >= 0.3 is 0 Å². The summed E-state index contributed by atoms with van der Waals surface area (Å²) in [7, 11) is 1.87. The molecule has 1 atom stereocenters. The standard InChI is InChI=1S/C15H18N2O2/c1-17-13-7-3-2-6-12(13)15(16-17)14(18)9-8-11-5-4-10-19-11/h2-3,6-7,11H,4-5,8-10H2,1H3. The van der Waals surface area contributed by atoms with Crippen LogP contribution in [0.1, 0.15) is 36.2 Å². The highest BCUT2D eigenvalue weighted by molar-refractivity contribution is 6.05. The number of aryl methyl sites for hydroxylation is 1. The van der Waals surface area contributed by atoms with E-state index in [-0.39, 0.29) is 11.9 Å². The number of rotatable bonds is 4. The quantitative estimate of drug-likeness (QED) is 0.792. The van der Waals surface area contributed by atoms with Crippen LogP contribution in [0.15, 0.2) is 24.3 Å². The van der Waals surface area contributed by atoms with Crippen LogP contribution in [0.5, 0.6) is 0 Å². The highest BCUT2D eigenvalue weighted by Gasteiger charge is 2.20. The van der Waals surface area contributed by atoms with E-state index in [4.69, 9.17) is 4.74 Å². The first-order chi connectivity index (χ1) is 9.25. The molecule has 0 amide bonds. The molecule has 0 radical (unpaired) electrons. The van der Waals surface area contributed by atoms with Gasteiger partial charge in [-0.25, -0.2) is 0 Å². The number of benzene rings is 1. The molecule has 1 aromatic carbocycles. The summed E-state index contributed by atoms with van der Waals surface area (Å²) in [5, 5.41) is 5.31. The number of para-hydroxylation sites is 1. The summed E-state index contributed by atoms with van der Waals surface area (Å²) in [6, 6.07) is 7.85. The largest absolute Gasteiger partial charge is 0.378 e. The minimum absolute atomic E-state index is 0.118. The predicted octanol–water partition coefficient (Wildman–Crippen LogP) is 2.72. The molecule has 0 saturated carbocycles. The van der Waals surface area contributed by atoms with Gasteiger partial charge in [0, 0.05) is 25.5 Å². The van der Waals surface area contributed by atoms with Gasteiger partial charge in [0.1, 0.15) is 5.69 Å². The van der Waals surface area contributed by atoms with E-state index in [1.54, 1.807) is 4.68 Å². The predicted molar refractivity (Wildman–Crippen MR) is 73.3 cm³/mol. The molecule has 1 saturated heterocycles. The fourth-order valence-corrected chi connectivity index (χ4v) is 2.70. The Morgan fingerprint density at radius 3 is 3.11 bits per heavy atom. The van der Waals surface area contributed by atoms with Gasteiger partial charge in [-0.15, -0.1) is 0 Å². The van der Waals surface area contributed by atoms with Crippen molar-refractivity contribution in [1.82, 2.24) is 9.78 Å². The Labute approximate surface area is 112 Å². The van der Waals surface area contributed by atoms with Crippen LogP contribution in [0, 0.1) is 0 Å². The molecule has 100 valence electrons. The number of hydrogen-bond acceptors (Lipinski definition) is 3. The second-order valence-corrected chi connectivity index (χ2v) is 5.09.